The zero-order valence-electron chi connectivity index (χ0n) is 12.4. The molecule has 0 unspecified atom stereocenters. The minimum atomic E-state index is -0.156. The molecule has 4 bridgehead atoms. The zero-order chi connectivity index (χ0) is 14.2. The Kier molecular flexibility index (Phi) is 2.28. The van der Waals surface area contributed by atoms with Crippen molar-refractivity contribution in [3.8, 4) is 0 Å². The van der Waals surface area contributed by atoms with Gasteiger partial charge in [-0.1, -0.05) is 0 Å². The second-order valence-electron chi connectivity index (χ2n) is 8.02. The Morgan fingerprint density at radius 2 is 1.57 bits per heavy atom. The lowest BCUT2D eigenvalue weighted by atomic mass is 9.53. The van der Waals surface area contributed by atoms with Crippen molar-refractivity contribution in [2.75, 3.05) is 0 Å². The van der Waals surface area contributed by atoms with Gasteiger partial charge in [0.05, 0.1) is 5.54 Å². The summed E-state index contributed by atoms with van der Waals surface area (Å²) in [5, 5.41) is 0. The van der Waals surface area contributed by atoms with Crippen LogP contribution >= 0.6 is 0 Å². The van der Waals surface area contributed by atoms with Gasteiger partial charge in [-0.05, 0) is 75.5 Å². The van der Waals surface area contributed by atoms with Crippen LogP contribution in [0.5, 0.6) is 0 Å². The molecular weight excluding hydrogens is 264 g/mol. The first-order valence-electron chi connectivity index (χ1n) is 8.52. The molecule has 112 valence electrons. The number of fused-ring (bicyclic) bond motifs is 1. The van der Waals surface area contributed by atoms with Gasteiger partial charge >= 0.3 is 5.69 Å². The van der Waals surface area contributed by atoms with Crippen molar-refractivity contribution in [2.45, 2.75) is 63.3 Å². The van der Waals surface area contributed by atoms with Gasteiger partial charge in [-0.2, -0.15) is 0 Å². The summed E-state index contributed by atoms with van der Waals surface area (Å²) in [5.41, 5.74) is 1.55. The molecule has 1 heterocycles. The first-order chi connectivity index (χ1) is 10.1. The molecule has 1 N–H and O–H groups in total. The van der Waals surface area contributed by atoms with Gasteiger partial charge in [-0.15, -0.1) is 0 Å². The fraction of sp³-hybridized carbons (Fsp3) is 0.765. The lowest BCUT2D eigenvalue weighted by Crippen LogP contribution is -2.59. The second-order valence-corrected chi connectivity index (χ2v) is 8.02. The van der Waals surface area contributed by atoms with Gasteiger partial charge in [0.1, 0.15) is 0 Å². The number of rotatable bonds is 1. The van der Waals surface area contributed by atoms with E-state index in [1.807, 2.05) is 0 Å². The molecule has 0 aliphatic heterocycles. The molecule has 0 aromatic carbocycles. The number of H-pyrrole nitrogens is 1. The first kappa shape index (κ1) is 12.2. The van der Waals surface area contributed by atoms with Gasteiger partial charge in [0.15, 0.2) is 0 Å². The van der Waals surface area contributed by atoms with Crippen LogP contribution in [0.1, 0.15) is 56.2 Å². The summed E-state index contributed by atoms with van der Waals surface area (Å²) < 4.78 is 1.67. The highest BCUT2D eigenvalue weighted by Gasteiger charge is 2.53. The van der Waals surface area contributed by atoms with E-state index < -0.39 is 0 Å². The molecule has 4 fully saturated rings. The third kappa shape index (κ3) is 1.56. The first-order valence-corrected chi connectivity index (χ1v) is 8.52. The molecule has 4 heteroatoms. The van der Waals surface area contributed by atoms with Gasteiger partial charge in [-0.3, -0.25) is 9.36 Å². The van der Waals surface area contributed by atoms with Gasteiger partial charge < -0.3 is 4.98 Å². The molecule has 0 spiro atoms. The maximum Gasteiger partial charge on any atom is 0.329 e. The Morgan fingerprint density at radius 1 is 0.952 bits per heavy atom. The van der Waals surface area contributed by atoms with E-state index in [-0.39, 0.29) is 16.8 Å². The summed E-state index contributed by atoms with van der Waals surface area (Å²) in [6.07, 6.45) is 9.87. The van der Waals surface area contributed by atoms with Crippen molar-refractivity contribution in [3.05, 3.63) is 32.1 Å². The Hall–Kier alpha value is -1.32. The van der Waals surface area contributed by atoms with Crippen LogP contribution in [0.3, 0.4) is 0 Å². The van der Waals surface area contributed by atoms with Crippen molar-refractivity contribution in [1.29, 1.82) is 0 Å². The maximum absolute atomic E-state index is 12.9. The summed E-state index contributed by atoms with van der Waals surface area (Å²) in [6, 6.07) is 0. The van der Waals surface area contributed by atoms with Gasteiger partial charge in [-0.25, -0.2) is 4.79 Å². The van der Waals surface area contributed by atoms with Crippen LogP contribution in [-0.2, 0) is 18.4 Å². The molecule has 5 aliphatic carbocycles. The predicted octanol–water partition coefficient (Wildman–Crippen LogP) is 1.95. The number of aryl methyl sites for hydroxylation is 1. The summed E-state index contributed by atoms with van der Waals surface area (Å²) >= 11 is 0. The lowest BCUT2D eigenvalue weighted by Gasteiger charge is -2.56. The molecular formula is C17H22N2O2. The lowest BCUT2D eigenvalue weighted by molar-refractivity contribution is -0.0472. The van der Waals surface area contributed by atoms with Crippen molar-refractivity contribution < 1.29 is 0 Å². The van der Waals surface area contributed by atoms with Crippen LogP contribution in [0.4, 0.5) is 0 Å². The van der Waals surface area contributed by atoms with Crippen LogP contribution < -0.4 is 11.2 Å². The third-order valence-corrected chi connectivity index (χ3v) is 6.62. The maximum atomic E-state index is 12.9. The Balaban J connectivity index is 1.72. The Bertz CT molecular complexity index is 692. The molecule has 5 aliphatic rings. The second kappa shape index (κ2) is 3.90. The van der Waals surface area contributed by atoms with Crippen LogP contribution in [0.25, 0.3) is 0 Å². The SMILES string of the molecule is O=c1[nH]c2c(c(=O)n1C13CC4CC(CC(C4)C1)C3)CCC2. The van der Waals surface area contributed by atoms with Gasteiger partial charge in [0.2, 0.25) is 0 Å². The number of hydrogen-bond acceptors (Lipinski definition) is 2. The average molecular weight is 286 g/mol. The van der Waals surface area contributed by atoms with E-state index in [2.05, 4.69) is 4.98 Å². The van der Waals surface area contributed by atoms with E-state index in [0.717, 1.165) is 67.5 Å². The molecule has 0 amide bonds. The van der Waals surface area contributed by atoms with E-state index >= 15 is 0 Å². The van der Waals surface area contributed by atoms with Crippen LogP contribution in [-0.4, -0.2) is 9.55 Å². The predicted molar refractivity (Wildman–Crippen MR) is 79.5 cm³/mol. The highest BCUT2D eigenvalue weighted by atomic mass is 16.2. The summed E-state index contributed by atoms with van der Waals surface area (Å²) in [7, 11) is 0. The van der Waals surface area contributed by atoms with Crippen molar-refractivity contribution >= 4 is 0 Å². The topological polar surface area (TPSA) is 54.9 Å². The molecule has 4 saturated carbocycles. The number of nitrogens with one attached hydrogen (secondary N) is 1. The molecule has 0 saturated heterocycles. The third-order valence-electron chi connectivity index (χ3n) is 6.62. The molecule has 4 nitrogen and oxygen atoms in total. The molecule has 0 radical (unpaired) electrons. The zero-order valence-corrected chi connectivity index (χ0v) is 12.4. The fourth-order valence-corrected chi connectivity index (χ4v) is 6.30. The Morgan fingerprint density at radius 3 is 2.19 bits per heavy atom. The number of nitrogens with zero attached hydrogens (tertiary/aromatic N) is 1. The summed E-state index contributed by atoms with van der Waals surface area (Å²) in [4.78, 5) is 28.6. The standard InChI is InChI=1S/C17H22N2O2/c20-15-13-2-1-3-14(13)18-16(21)19(15)17-7-10-4-11(8-17)6-12(5-10)9-17/h10-12H,1-9H2,(H,18,21). The largest absolute Gasteiger partial charge is 0.329 e. The molecule has 1 aromatic heterocycles. The normalized spacial score (nSPS) is 39.7. The van der Waals surface area contributed by atoms with Gasteiger partial charge in [0, 0.05) is 11.3 Å². The molecule has 1 aromatic rings. The highest BCUT2D eigenvalue weighted by Crippen LogP contribution is 2.58. The van der Waals surface area contributed by atoms with E-state index in [4.69, 9.17) is 0 Å². The molecule has 21 heavy (non-hydrogen) atoms. The van der Waals surface area contributed by atoms with Crippen LogP contribution in [0.2, 0.25) is 0 Å². The summed E-state index contributed by atoms with van der Waals surface area (Å²) in [6.45, 7) is 0. The van der Waals surface area contributed by atoms with E-state index in [9.17, 15) is 9.59 Å². The molecule has 0 atom stereocenters. The van der Waals surface area contributed by atoms with Crippen LogP contribution in [0.15, 0.2) is 9.59 Å². The summed E-state index contributed by atoms with van der Waals surface area (Å²) in [5.74, 6) is 2.24. The van der Waals surface area contributed by atoms with E-state index in [1.165, 1.54) is 19.3 Å². The monoisotopic (exact) mass is 286 g/mol. The average Bonchev–Trinajstić information content (AvgIpc) is 2.84. The minimum absolute atomic E-state index is 0.0354. The number of aromatic amines is 1. The number of hydrogen-bond donors (Lipinski definition) is 1. The van der Waals surface area contributed by atoms with E-state index in [1.54, 1.807) is 4.57 Å². The Labute approximate surface area is 123 Å². The highest BCUT2D eigenvalue weighted by molar-refractivity contribution is 5.23. The number of aromatic nitrogens is 2. The smallest absolute Gasteiger partial charge is 0.311 e. The fourth-order valence-electron chi connectivity index (χ4n) is 6.30. The van der Waals surface area contributed by atoms with Crippen molar-refractivity contribution in [1.82, 2.24) is 9.55 Å². The van der Waals surface area contributed by atoms with Crippen molar-refractivity contribution in [3.63, 3.8) is 0 Å². The molecule has 6 rings (SSSR count). The quantitative estimate of drug-likeness (QED) is 0.858. The van der Waals surface area contributed by atoms with Crippen molar-refractivity contribution in [2.24, 2.45) is 17.8 Å². The van der Waals surface area contributed by atoms with Gasteiger partial charge in [0.25, 0.3) is 5.56 Å². The minimum Gasteiger partial charge on any atom is -0.311 e. The van der Waals surface area contributed by atoms with Crippen LogP contribution in [0, 0.1) is 17.8 Å². The van der Waals surface area contributed by atoms with E-state index in [0.29, 0.717) is 0 Å².